The SMILES string of the molecule is CON=C(C(=O)OC)c1sc2ccccc2c1CON=C(C)c1ccc(Cl)cc1. The Hall–Kier alpha value is -2.90. The van der Waals surface area contributed by atoms with Crippen LogP contribution in [0.4, 0.5) is 0 Å². The second-order valence-corrected chi connectivity index (χ2v) is 7.47. The molecule has 29 heavy (non-hydrogen) atoms. The number of carbonyl (C=O) groups is 1. The highest BCUT2D eigenvalue weighted by Gasteiger charge is 2.24. The van der Waals surface area contributed by atoms with Gasteiger partial charge in [-0.15, -0.1) is 11.3 Å². The van der Waals surface area contributed by atoms with Gasteiger partial charge in [0.05, 0.1) is 17.7 Å². The lowest BCUT2D eigenvalue weighted by Gasteiger charge is -2.06. The summed E-state index contributed by atoms with van der Waals surface area (Å²) in [6.07, 6.45) is 0. The van der Waals surface area contributed by atoms with Crippen molar-refractivity contribution in [3.05, 3.63) is 69.6 Å². The zero-order valence-corrected chi connectivity index (χ0v) is 17.7. The van der Waals surface area contributed by atoms with Gasteiger partial charge >= 0.3 is 5.97 Å². The number of nitrogens with zero attached hydrogens (tertiary/aromatic N) is 2. The summed E-state index contributed by atoms with van der Waals surface area (Å²) in [7, 11) is 2.68. The lowest BCUT2D eigenvalue weighted by atomic mass is 10.1. The molecule has 6 nitrogen and oxygen atoms in total. The highest BCUT2D eigenvalue weighted by Crippen LogP contribution is 2.33. The number of halogens is 1. The van der Waals surface area contributed by atoms with Crippen LogP contribution in [0.5, 0.6) is 0 Å². The summed E-state index contributed by atoms with van der Waals surface area (Å²) in [6.45, 7) is 2.01. The van der Waals surface area contributed by atoms with Crippen molar-refractivity contribution in [2.24, 2.45) is 10.3 Å². The molecule has 0 saturated heterocycles. The molecule has 0 amide bonds. The molecule has 0 N–H and O–H groups in total. The molecule has 0 atom stereocenters. The van der Waals surface area contributed by atoms with Crippen LogP contribution in [0.1, 0.15) is 22.9 Å². The number of fused-ring (bicyclic) bond motifs is 1. The summed E-state index contributed by atoms with van der Waals surface area (Å²) in [6, 6.07) is 15.1. The van der Waals surface area contributed by atoms with Crippen LogP contribution in [0.25, 0.3) is 10.1 Å². The van der Waals surface area contributed by atoms with Crippen molar-refractivity contribution in [1.82, 2.24) is 0 Å². The van der Waals surface area contributed by atoms with E-state index < -0.39 is 5.97 Å². The van der Waals surface area contributed by atoms with E-state index in [4.69, 9.17) is 26.0 Å². The lowest BCUT2D eigenvalue weighted by molar-refractivity contribution is -0.132. The van der Waals surface area contributed by atoms with Crippen LogP contribution >= 0.6 is 22.9 Å². The van der Waals surface area contributed by atoms with Crippen LogP contribution in [0.2, 0.25) is 5.02 Å². The van der Waals surface area contributed by atoms with Crippen molar-refractivity contribution in [1.29, 1.82) is 0 Å². The fraction of sp³-hybridized carbons (Fsp3) is 0.190. The van der Waals surface area contributed by atoms with Crippen LogP contribution in [-0.4, -0.2) is 31.6 Å². The van der Waals surface area contributed by atoms with Gasteiger partial charge in [0, 0.05) is 15.3 Å². The van der Waals surface area contributed by atoms with Gasteiger partial charge in [0.15, 0.2) is 0 Å². The van der Waals surface area contributed by atoms with Crippen LogP contribution in [0.3, 0.4) is 0 Å². The third kappa shape index (κ3) is 4.75. The van der Waals surface area contributed by atoms with E-state index in [0.717, 1.165) is 21.2 Å². The van der Waals surface area contributed by atoms with E-state index in [1.54, 1.807) is 12.1 Å². The zero-order chi connectivity index (χ0) is 20.8. The van der Waals surface area contributed by atoms with E-state index in [1.807, 2.05) is 43.3 Å². The van der Waals surface area contributed by atoms with Gasteiger partial charge in [-0.3, -0.25) is 0 Å². The Bertz CT molecular complexity index is 1070. The number of rotatable bonds is 7. The maximum atomic E-state index is 12.2. The maximum absolute atomic E-state index is 12.2. The van der Waals surface area contributed by atoms with Crippen LogP contribution in [0.15, 0.2) is 58.8 Å². The molecule has 0 spiro atoms. The molecule has 0 unspecified atom stereocenters. The first-order chi connectivity index (χ1) is 14.0. The Balaban J connectivity index is 1.93. The molecule has 2 aromatic carbocycles. The Morgan fingerprint density at radius 2 is 1.79 bits per heavy atom. The van der Waals surface area contributed by atoms with E-state index in [0.29, 0.717) is 15.6 Å². The minimum Gasteiger partial charge on any atom is -0.464 e. The van der Waals surface area contributed by atoms with Crippen molar-refractivity contribution < 1.29 is 19.2 Å². The second kappa shape index (κ2) is 9.54. The molecule has 0 bridgehead atoms. The molecule has 8 heteroatoms. The molecule has 0 aliphatic heterocycles. The highest BCUT2D eigenvalue weighted by molar-refractivity contribution is 7.21. The average molecular weight is 431 g/mol. The van der Waals surface area contributed by atoms with Gasteiger partial charge in [-0.1, -0.05) is 52.2 Å². The van der Waals surface area contributed by atoms with Crippen LogP contribution in [0, 0.1) is 0 Å². The third-order valence-corrected chi connectivity index (χ3v) is 5.62. The number of carbonyl (C=O) groups excluding carboxylic acids is 1. The number of hydrogen-bond acceptors (Lipinski definition) is 7. The van der Waals surface area contributed by atoms with Gasteiger partial charge in [0.25, 0.3) is 0 Å². The molecule has 0 aliphatic rings. The highest BCUT2D eigenvalue weighted by atomic mass is 35.5. The van der Waals surface area contributed by atoms with E-state index in [-0.39, 0.29) is 12.3 Å². The molecule has 1 aromatic heterocycles. The minimum absolute atomic E-state index is 0.0909. The number of hydrogen-bond donors (Lipinski definition) is 0. The summed E-state index contributed by atoms with van der Waals surface area (Å²) in [5.41, 5.74) is 2.50. The maximum Gasteiger partial charge on any atom is 0.361 e. The molecule has 3 aromatic rings. The molecular formula is C21H19ClN2O4S. The summed E-state index contributed by atoms with van der Waals surface area (Å²) in [5, 5.41) is 9.69. The Morgan fingerprint density at radius 3 is 2.48 bits per heavy atom. The molecule has 0 fully saturated rings. The fourth-order valence-electron chi connectivity index (χ4n) is 2.73. The van der Waals surface area contributed by atoms with Gasteiger partial charge in [-0.2, -0.15) is 0 Å². The van der Waals surface area contributed by atoms with E-state index in [2.05, 4.69) is 10.3 Å². The number of thiophene rings is 1. The average Bonchev–Trinajstić information content (AvgIpc) is 3.10. The number of esters is 1. The third-order valence-electron chi connectivity index (χ3n) is 4.15. The number of methoxy groups -OCH3 is 1. The smallest absolute Gasteiger partial charge is 0.361 e. The quantitative estimate of drug-likeness (QED) is 0.300. The van der Waals surface area contributed by atoms with Gasteiger partial charge in [-0.25, -0.2) is 4.79 Å². The number of ether oxygens (including phenoxy) is 1. The van der Waals surface area contributed by atoms with Crippen LogP contribution < -0.4 is 0 Å². The van der Waals surface area contributed by atoms with Crippen molar-refractivity contribution in [3.8, 4) is 0 Å². The fourth-order valence-corrected chi connectivity index (χ4v) is 4.03. The summed E-state index contributed by atoms with van der Waals surface area (Å²) in [5.74, 6) is -0.583. The largest absolute Gasteiger partial charge is 0.464 e. The molecule has 0 saturated carbocycles. The predicted molar refractivity (Wildman–Crippen MR) is 116 cm³/mol. The van der Waals surface area contributed by atoms with E-state index in [1.165, 1.54) is 25.6 Å². The van der Waals surface area contributed by atoms with Gasteiger partial charge in [0.2, 0.25) is 5.71 Å². The Kier molecular flexibility index (Phi) is 6.85. The second-order valence-electron chi connectivity index (χ2n) is 5.98. The summed E-state index contributed by atoms with van der Waals surface area (Å²) < 4.78 is 5.85. The standard InChI is InChI=1S/C21H19ClN2O4S/c1-13(14-8-10-15(22)11-9-14)23-28-12-17-16-6-4-5-7-18(16)29-20(17)19(24-27-3)21(25)26-2/h4-11H,12H2,1-3H3. The lowest BCUT2D eigenvalue weighted by Crippen LogP contribution is -2.18. The minimum atomic E-state index is -0.583. The first-order valence-electron chi connectivity index (χ1n) is 8.68. The molecule has 150 valence electrons. The van der Waals surface area contributed by atoms with Crippen LogP contribution in [-0.2, 0) is 25.8 Å². The van der Waals surface area contributed by atoms with Crippen molar-refractivity contribution in [2.45, 2.75) is 13.5 Å². The van der Waals surface area contributed by atoms with Crippen molar-refractivity contribution in [3.63, 3.8) is 0 Å². The van der Waals surface area contributed by atoms with E-state index >= 15 is 0 Å². The number of oxime groups is 2. The summed E-state index contributed by atoms with van der Waals surface area (Å²) in [4.78, 5) is 23.3. The molecule has 1 heterocycles. The first kappa shape index (κ1) is 20.8. The van der Waals surface area contributed by atoms with Crippen molar-refractivity contribution >= 4 is 50.4 Å². The normalized spacial score (nSPS) is 12.1. The molecular weight excluding hydrogens is 412 g/mol. The monoisotopic (exact) mass is 430 g/mol. The number of benzene rings is 2. The van der Waals surface area contributed by atoms with Gasteiger partial charge in [0.1, 0.15) is 13.7 Å². The van der Waals surface area contributed by atoms with Gasteiger partial charge < -0.3 is 14.4 Å². The molecule has 0 radical (unpaired) electrons. The predicted octanol–water partition coefficient (Wildman–Crippen LogP) is 5.02. The summed E-state index contributed by atoms with van der Waals surface area (Å²) >= 11 is 7.34. The zero-order valence-electron chi connectivity index (χ0n) is 16.1. The molecule has 3 rings (SSSR count). The van der Waals surface area contributed by atoms with Crippen molar-refractivity contribution in [2.75, 3.05) is 14.2 Å². The topological polar surface area (TPSA) is 69.5 Å². The van der Waals surface area contributed by atoms with Gasteiger partial charge in [-0.05, 0) is 36.1 Å². The first-order valence-corrected chi connectivity index (χ1v) is 9.87. The van der Waals surface area contributed by atoms with E-state index in [9.17, 15) is 4.79 Å². The Morgan fingerprint density at radius 1 is 1.07 bits per heavy atom. The Labute approximate surface area is 177 Å². The molecule has 0 aliphatic carbocycles.